The fourth-order valence-electron chi connectivity index (χ4n) is 1.70. The van der Waals surface area contributed by atoms with Crippen molar-refractivity contribution in [3.05, 3.63) is 23.9 Å². The molecule has 0 amide bonds. The van der Waals surface area contributed by atoms with E-state index in [0.29, 0.717) is 6.42 Å². The maximum Gasteiger partial charge on any atom is 0.339 e. The molecule has 3 nitrogen and oxygen atoms in total. The third-order valence-electron chi connectivity index (χ3n) is 2.22. The van der Waals surface area contributed by atoms with E-state index in [4.69, 9.17) is 9.47 Å². The van der Waals surface area contributed by atoms with Crippen LogP contribution in [0.1, 0.15) is 27.2 Å². The van der Waals surface area contributed by atoms with Crippen LogP contribution < -0.4 is 0 Å². The molecule has 4 heteroatoms. The summed E-state index contributed by atoms with van der Waals surface area (Å²) in [4.78, 5) is 12.0. The van der Waals surface area contributed by atoms with E-state index in [1.165, 1.54) is 7.11 Å². The summed E-state index contributed by atoms with van der Waals surface area (Å²) >= 11 is 0. The molecule has 0 N–H and O–H groups in total. The topological polar surface area (TPSA) is 35.5 Å². The van der Waals surface area contributed by atoms with Crippen molar-refractivity contribution < 1.29 is 14.3 Å². The Bertz CT molecular complexity index is 345. The van der Waals surface area contributed by atoms with E-state index >= 15 is 0 Å². The van der Waals surface area contributed by atoms with Gasteiger partial charge in [0.2, 0.25) is 0 Å². The van der Waals surface area contributed by atoms with Gasteiger partial charge in [-0.2, -0.15) is 0 Å². The SMILES string of the molecule is C=CC/C(=C\[Si](C)(C)C)C(OC(C)(C)C)C(=O)OC. The van der Waals surface area contributed by atoms with Crippen molar-refractivity contribution in [2.24, 2.45) is 0 Å². The Hall–Kier alpha value is -0.873. The van der Waals surface area contributed by atoms with Gasteiger partial charge >= 0.3 is 5.97 Å². The molecule has 0 fully saturated rings. The number of hydrogen-bond donors (Lipinski definition) is 0. The Morgan fingerprint density at radius 2 is 1.84 bits per heavy atom. The molecule has 0 saturated heterocycles. The number of rotatable bonds is 6. The molecule has 1 unspecified atom stereocenters. The van der Waals surface area contributed by atoms with Crippen molar-refractivity contribution in [1.29, 1.82) is 0 Å². The van der Waals surface area contributed by atoms with Crippen LogP contribution in [0.2, 0.25) is 19.6 Å². The van der Waals surface area contributed by atoms with E-state index in [9.17, 15) is 4.79 Å². The van der Waals surface area contributed by atoms with E-state index < -0.39 is 19.8 Å². The molecule has 0 aliphatic carbocycles. The zero-order valence-corrected chi connectivity index (χ0v) is 14.4. The van der Waals surface area contributed by atoms with Crippen LogP contribution in [0.25, 0.3) is 0 Å². The first-order chi connectivity index (χ1) is 8.50. The monoisotopic (exact) mass is 284 g/mol. The average molecular weight is 284 g/mol. The summed E-state index contributed by atoms with van der Waals surface area (Å²) in [7, 11) is -0.0616. The smallest absolute Gasteiger partial charge is 0.339 e. The van der Waals surface area contributed by atoms with E-state index in [1.807, 2.05) is 20.8 Å². The van der Waals surface area contributed by atoms with Gasteiger partial charge in [0.15, 0.2) is 6.10 Å². The van der Waals surface area contributed by atoms with Crippen molar-refractivity contribution in [1.82, 2.24) is 0 Å². The zero-order valence-electron chi connectivity index (χ0n) is 13.4. The lowest BCUT2D eigenvalue weighted by Gasteiger charge is -2.28. The van der Waals surface area contributed by atoms with Gasteiger partial charge in [-0.25, -0.2) is 4.79 Å². The van der Waals surface area contributed by atoms with Crippen LogP contribution in [0.4, 0.5) is 0 Å². The van der Waals surface area contributed by atoms with Crippen molar-refractivity contribution in [3.8, 4) is 0 Å². The predicted octanol–water partition coefficient (Wildman–Crippen LogP) is 3.72. The molecule has 0 rings (SSSR count). The first-order valence-electron chi connectivity index (χ1n) is 6.58. The second kappa shape index (κ2) is 7.06. The number of allylic oxidation sites excluding steroid dienone is 1. The minimum absolute atomic E-state index is 0.346. The average Bonchev–Trinajstić information content (AvgIpc) is 2.21. The lowest BCUT2D eigenvalue weighted by molar-refractivity contribution is -0.159. The highest BCUT2D eigenvalue weighted by Crippen LogP contribution is 2.22. The number of esters is 1. The van der Waals surface area contributed by atoms with Crippen LogP contribution in [-0.2, 0) is 14.3 Å². The van der Waals surface area contributed by atoms with Crippen molar-refractivity contribution in [2.75, 3.05) is 7.11 Å². The molecule has 0 bridgehead atoms. The molecule has 0 aliphatic heterocycles. The number of hydrogen-bond acceptors (Lipinski definition) is 3. The Morgan fingerprint density at radius 3 is 2.16 bits per heavy atom. The summed E-state index contributed by atoms with van der Waals surface area (Å²) in [6, 6.07) is 0. The molecular formula is C15H28O3Si. The van der Waals surface area contributed by atoms with Crippen LogP contribution in [0.5, 0.6) is 0 Å². The van der Waals surface area contributed by atoms with Gasteiger partial charge in [-0.15, -0.1) is 6.58 Å². The van der Waals surface area contributed by atoms with Gasteiger partial charge in [0, 0.05) is 0 Å². The molecule has 0 spiro atoms. The minimum Gasteiger partial charge on any atom is -0.467 e. The van der Waals surface area contributed by atoms with Gasteiger partial charge < -0.3 is 9.47 Å². The second-order valence-corrected chi connectivity index (χ2v) is 11.7. The quantitative estimate of drug-likeness (QED) is 0.423. The number of carbonyl (C=O) groups is 1. The van der Waals surface area contributed by atoms with E-state index in [-0.39, 0.29) is 5.97 Å². The molecule has 0 aromatic carbocycles. The molecule has 0 aromatic heterocycles. The number of ether oxygens (including phenoxy) is 2. The first kappa shape index (κ1) is 18.1. The molecule has 110 valence electrons. The van der Waals surface area contributed by atoms with E-state index in [0.717, 1.165) is 5.57 Å². The summed E-state index contributed by atoms with van der Waals surface area (Å²) in [6.45, 7) is 16.2. The largest absolute Gasteiger partial charge is 0.467 e. The van der Waals surface area contributed by atoms with Crippen molar-refractivity contribution in [3.63, 3.8) is 0 Å². The number of methoxy groups -OCH3 is 1. The summed E-state index contributed by atoms with van der Waals surface area (Å²) in [5.74, 6) is -0.346. The Labute approximate surface area is 118 Å². The van der Waals surface area contributed by atoms with Crippen LogP contribution in [0.3, 0.4) is 0 Å². The molecular weight excluding hydrogens is 256 g/mol. The molecule has 0 saturated carbocycles. The van der Waals surface area contributed by atoms with E-state index in [1.54, 1.807) is 6.08 Å². The summed E-state index contributed by atoms with van der Waals surface area (Å²) in [5.41, 5.74) is 2.75. The molecule has 0 aromatic rings. The molecule has 0 radical (unpaired) electrons. The summed E-state index contributed by atoms with van der Waals surface area (Å²) in [6.07, 6.45) is 1.79. The lowest BCUT2D eigenvalue weighted by Crippen LogP contribution is -2.36. The van der Waals surface area contributed by atoms with Gasteiger partial charge in [-0.3, -0.25) is 0 Å². The van der Waals surface area contributed by atoms with Gasteiger partial charge in [0.1, 0.15) is 0 Å². The highest BCUT2D eigenvalue weighted by molar-refractivity contribution is 6.81. The van der Waals surface area contributed by atoms with Gasteiger partial charge in [0.05, 0.1) is 20.8 Å². The molecule has 0 heterocycles. The van der Waals surface area contributed by atoms with Crippen LogP contribution in [0, 0.1) is 0 Å². The maximum absolute atomic E-state index is 12.0. The van der Waals surface area contributed by atoms with Crippen molar-refractivity contribution in [2.45, 2.75) is 58.5 Å². The summed E-state index contributed by atoms with van der Waals surface area (Å²) < 4.78 is 10.8. The van der Waals surface area contributed by atoms with Crippen molar-refractivity contribution >= 4 is 14.0 Å². The third kappa shape index (κ3) is 8.00. The number of carbonyl (C=O) groups excluding carboxylic acids is 1. The van der Waals surface area contributed by atoms with E-state index in [2.05, 4.69) is 31.9 Å². The molecule has 0 aliphatic rings. The highest BCUT2D eigenvalue weighted by Gasteiger charge is 2.30. The first-order valence-corrected chi connectivity index (χ1v) is 10.2. The van der Waals surface area contributed by atoms with Crippen LogP contribution >= 0.6 is 0 Å². The lowest BCUT2D eigenvalue weighted by atomic mass is 10.1. The molecule has 1 atom stereocenters. The minimum atomic E-state index is -1.45. The van der Waals surface area contributed by atoms with Crippen LogP contribution in [-0.4, -0.2) is 32.9 Å². The predicted molar refractivity (Wildman–Crippen MR) is 82.9 cm³/mol. The molecule has 19 heavy (non-hydrogen) atoms. The van der Waals surface area contributed by atoms with Gasteiger partial charge in [-0.05, 0) is 32.8 Å². The second-order valence-electron chi connectivity index (χ2n) is 6.71. The Balaban J connectivity index is 5.44. The fraction of sp³-hybridized carbons (Fsp3) is 0.667. The van der Waals surface area contributed by atoms with Crippen LogP contribution in [0.15, 0.2) is 23.9 Å². The standard InChI is InChI=1S/C15H28O3Si/c1-9-10-12(11-19(6,7)8)13(14(16)17-5)18-15(2,3)4/h9,11,13H,1,10H2,2-8H3/b12-11+. The third-order valence-corrected chi connectivity index (χ3v) is 3.46. The Kier molecular flexibility index (Phi) is 6.73. The van der Waals surface area contributed by atoms with Gasteiger partial charge in [0.25, 0.3) is 0 Å². The maximum atomic E-state index is 12.0. The highest BCUT2D eigenvalue weighted by atomic mass is 28.3. The van der Waals surface area contributed by atoms with Gasteiger partial charge in [-0.1, -0.05) is 31.4 Å². The summed E-state index contributed by atoms with van der Waals surface area (Å²) in [5, 5.41) is 0. The fourth-order valence-corrected chi connectivity index (χ4v) is 3.08. The Morgan fingerprint density at radius 1 is 1.32 bits per heavy atom. The zero-order chi connectivity index (χ0) is 15.3. The normalized spacial score (nSPS) is 15.0.